The average molecular weight is 225 g/mol. The average Bonchev–Trinajstić information content (AvgIpc) is 2.30. The molecule has 1 heterocycles. The summed E-state index contributed by atoms with van der Waals surface area (Å²) in [7, 11) is 2.00. The molecule has 0 radical (unpaired) electrons. The SMILES string of the molecule is Cn1cccc1P(C(C)(C)C)C(C)(C)C. The molecule has 1 aromatic rings. The molecule has 0 saturated heterocycles. The fourth-order valence-corrected chi connectivity index (χ4v) is 6.38. The van der Waals surface area contributed by atoms with Crippen LogP contribution in [0.4, 0.5) is 0 Å². The number of hydrogen-bond donors (Lipinski definition) is 0. The smallest absolute Gasteiger partial charge is 0.0417 e. The van der Waals surface area contributed by atoms with Gasteiger partial charge in [0.25, 0.3) is 0 Å². The number of rotatable bonds is 1. The first-order chi connectivity index (χ1) is 6.64. The maximum Gasteiger partial charge on any atom is 0.0417 e. The van der Waals surface area contributed by atoms with E-state index < -0.39 is 0 Å². The molecule has 0 spiro atoms. The lowest BCUT2D eigenvalue weighted by Gasteiger charge is -2.41. The summed E-state index contributed by atoms with van der Waals surface area (Å²) in [5.41, 5.74) is 1.50. The fourth-order valence-electron chi connectivity index (χ4n) is 2.38. The van der Waals surface area contributed by atoms with E-state index in [2.05, 4.69) is 71.5 Å². The van der Waals surface area contributed by atoms with E-state index in [1.807, 2.05) is 0 Å². The van der Waals surface area contributed by atoms with Crippen LogP contribution in [0.15, 0.2) is 18.3 Å². The summed E-state index contributed by atoms with van der Waals surface area (Å²) < 4.78 is 2.28. The molecule has 0 bridgehead atoms. The molecule has 0 unspecified atom stereocenters. The van der Waals surface area contributed by atoms with E-state index >= 15 is 0 Å². The van der Waals surface area contributed by atoms with Crippen molar-refractivity contribution in [3.8, 4) is 0 Å². The summed E-state index contributed by atoms with van der Waals surface area (Å²) in [5.74, 6) is 0. The Hall–Kier alpha value is -0.290. The molecule has 1 rings (SSSR count). The van der Waals surface area contributed by atoms with Gasteiger partial charge in [-0.3, -0.25) is 0 Å². The predicted molar refractivity (Wildman–Crippen MR) is 71.5 cm³/mol. The highest BCUT2D eigenvalue weighted by molar-refractivity contribution is 7.68. The van der Waals surface area contributed by atoms with Gasteiger partial charge in [0, 0.05) is 18.7 Å². The number of aryl methyl sites for hydroxylation is 1. The maximum atomic E-state index is 2.36. The Labute approximate surface area is 95.6 Å². The second-order valence-corrected chi connectivity index (χ2v) is 9.97. The van der Waals surface area contributed by atoms with Gasteiger partial charge in [-0.1, -0.05) is 41.5 Å². The third kappa shape index (κ3) is 2.84. The van der Waals surface area contributed by atoms with Gasteiger partial charge in [-0.15, -0.1) is 0 Å². The first-order valence-electron chi connectivity index (χ1n) is 5.56. The van der Waals surface area contributed by atoms with E-state index in [9.17, 15) is 0 Å². The molecule has 0 aliphatic heterocycles. The molecule has 0 aliphatic carbocycles. The minimum Gasteiger partial charge on any atom is -0.351 e. The molecule has 15 heavy (non-hydrogen) atoms. The van der Waals surface area contributed by atoms with E-state index in [0.29, 0.717) is 10.3 Å². The van der Waals surface area contributed by atoms with Crippen LogP contribution in [0.25, 0.3) is 0 Å². The van der Waals surface area contributed by atoms with Crippen LogP contribution >= 0.6 is 7.92 Å². The topological polar surface area (TPSA) is 4.93 Å². The highest BCUT2D eigenvalue weighted by Crippen LogP contribution is 2.57. The zero-order valence-corrected chi connectivity index (χ0v) is 12.0. The Bertz CT molecular complexity index is 311. The Morgan fingerprint density at radius 2 is 1.47 bits per heavy atom. The Morgan fingerprint density at radius 1 is 1.00 bits per heavy atom. The van der Waals surface area contributed by atoms with Crippen LogP contribution in [-0.2, 0) is 7.05 Å². The van der Waals surface area contributed by atoms with Crippen molar-refractivity contribution in [2.45, 2.75) is 51.9 Å². The Balaban J connectivity index is 3.20. The molecule has 0 fully saturated rings. The number of nitrogens with zero attached hydrogens (tertiary/aromatic N) is 1. The molecule has 86 valence electrons. The first-order valence-corrected chi connectivity index (χ1v) is 6.90. The van der Waals surface area contributed by atoms with E-state index in [0.717, 1.165) is 0 Å². The molecule has 0 aromatic carbocycles. The number of hydrogen-bond acceptors (Lipinski definition) is 0. The van der Waals surface area contributed by atoms with Gasteiger partial charge in [0.2, 0.25) is 0 Å². The van der Waals surface area contributed by atoms with Gasteiger partial charge < -0.3 is 4.57 Å². The summed E-state index contributed by atoms with van der Waals surface area (Å²) in [6, 6.07) is 4.43. The van der Waals surface area contributed by atoms with Crippen LogP contribution in [0, 0.1) is 0 Å². The molecular formula is C13H24NP. The van der Waals surface area contributed by atoms with Gasteiger partial charge in [0.05, 0.1) is 0 Å². The van der Waals surface area contributed by atoms with Crippen LogP contribution < -0.4 is 5.44 Å². The second-order valence-electron chi connectivity index (χ2n) is 6.15. The quantitative estimate of drug-likeness (QED) is 0.642. The van der Waals surface area contributed by atoms with Crippen molar-refractivity contribution >= 4 is 13.4 Å². The normalized spacial score (nSPS) is 13.6. The first kappa shape index (κ1) is 12.8. The highest BCUT2D eigenvalue weighted by atomic mass is 31.1. The summed E-state index contributed by atoms with van der Waals surface area (Å²) in [4.78, 5) is 0. The summed E-state index contributed by atoms with van der Waals surface area (Å²) >= 11 is 0. The van der Waals surface area contributed by atoms with Crippen molar-refractivity contribution in [3.05, 3.63) is 18.3 Å². The molecule has 0 amide bonds. The van der Waals surface area contributed by atoms with E-state index in [-0.39, 0.29) is 7.92 Å². The van der Waals surface area contributed by atoms with Crippen molar-refractivity contribution in [1.29, 1.82) is 0 Å². The molecular weight excluding hydrogens is 201 g/mol. The molecule has 0 saturated carbocycles. The van der Waals surface area contributed by atoms with Crippen LogP contribution in [-0.4, -0.2) is 14.9 Å². The second kappa shape index (κ2) is 3.94. The lowest BCUT2D eigenvalue weighted by atomic mass is 10.2. The monoisotopic (exact) mass is 225 g/mol. The third-order valence-electron chi connectivity index (χ3n) is 2.49. The van der Waals surface area contributed by atoms with Gasteiger partial charge in [0.15, 0.2) is 0 Å². The van der Waals surface area contributed by atoms with Crippen molar-refractivity contribution in [2.75, 3.05) is 0 Å². The Kier molecular flexibility index (Phi) is 3.36. The molecule has 0 N–H and O–H groups in total. The largest absolute Gasteiger partial charge is 0.351 e. The van der Waals surface area contributed by atoms with Gasteiger partial charge in [-0.05, 0) is 30.4 Å². The van der Waals surface area contributed by atoms with Gasteiger partial charge >= 0.3 is 0 Å². The molecule has 2 heteroatoms. The lowest BCUT2D eigenvalue weighted by Crippen LogP contribution is -2.33. The van der Waals surface area contributed by atoms with Gasteiger partial charge in [-0.2, -0.15) is 0 Å². The fraction of sp³-hybridized carbons (Fsp3) is 0.692. The maximum absolute atomic E-state index is 2.36. The van der Waals surface area contributed by atoms with Crippen LogP contribution in [0.5, 0.6) is 0 Å². The van der Waals surface area contributed by atoms with Gasteiger partial charge in [-0.25, -0.2) is 0 Å². The van der Waals surface area contributed by atoms with Gasteiger partial charge in [0.1, 0.15) is 0 Å². The van der Waals surface area contributed by atoms with E-state index in [1.165, 1.54) is 5.44 Å². The van der Waals surface area contributed by atoms with Crippen molar-refractivity contribution in [2.24, 2.45) is 7.05 Å². The third-order valence-corrected chi connectivity index (χ3v) is 6.09. The summed E-state index contributed by atoms with van der Waals surface area (Å²) in [6.07, 6.45) is 2.15. The van der Waals surface area contributed by atoms with Crippen LogP contribution in [0.2, 0.25) is 0 Å². The van der Waals surface area contributed by atoms with Crippen molar-refractivity contribution in [1.82, 2.24) is 4.57 Å². The predicted octanol–water partition coefficient (Wildman–Crippen LogP) is 3.73. The minimum atomic E-state index is -0.159. The highest BCUT2D eigenvalue weighted by Gasteiger charge is 2.36. The number of aromatic nitrogens is 1. The summed E-state index contributed by atoms with van der Waals surface area (Å²) in [5, 5.41) is 0.722. The van der Waals surface area contributed by atoms with Crippen molar-refractivity contribution in [3.63, 3.8) is 0 Å². The molecule has 1 aromatic heterocycles. The zero-order chi connectivity index (χ0) is 11.9. The molecule has 0 aliphatic rings. The lowest BCUT2D eigenvalue weighted by molar-refractivity contribution is 0.711. The molecule has 1 nitrogen and oxygen atoms in total. The van der Waals surface area contributed by atoms with Crippen LogP contribution in [0.3, 0.4) is 0 Å². The van der Waals surface area contributed by atoms with E-state index in [4.69, 9.17) is 0 Å². The zero-order valence-electron chi connectivity index (χ0n) is 11.1. The van der Waals surface area contributed by atoms with Crippen LogP contribution in [0.1, 0.15) is 41.5 Å². The minimum absolute atomic E-state index is 0.159. The van der Waals surface area contributed by atoms with Crippen molar-refractivity contribution < 1.29 is 0 Å². The van der Waals surface area contributed by atoms with E-state index in [1.54, 1.807) is 0 Å². The Morgan fingerprint density at radius 3 is 1.73 bits per heavy atom. The summed E-state index contributed by atoms with van der Waals surface area (Å²) in [6.45, 7) is 14.1. The standard InChI is InChI=1S/C13H24NP/c1-12(2,3)15(13(4,5)6)11-9-8-10-14(11)7/h8-10H,1-7H3. The molecule has 0 atom stereocenters.